The summed E-state index contributed by atoms with van der Waals surface area (Å²) in [5, 5.41) is 0. The highest BCUT2D eigenvalue weighted by Gasteiger charge is 2.32. The first-order valence-electron chi connectivity index (χ1n) is 12.1. The third kappa shape index (κ3) is 5.72. The van der Waals surface area contributed by atoms with Crippen LogP contribution < -0.4 is 21.9 Å². The molecule has 0 spiro atoms. The van der Waals surface area contributed by atoms with Gasteiger partial charge in [-0.25, -0.2) is 4.79 Å². The van der Waals surface area contributed by atoms with Crippen LogP contribution in [0.3, 0.4) is 0 Å². The number of unbranched alkanes of at least 4 members (excludes halogenated alkanes) is 1. The predicted molar refractivity (Wildman–Crippen MR) is 138 cm³/mol. The summed E-state index contributed by atoms with van der Waals surface area (Å²) < 4.78 is 1.32. The van der Waals surface area contributed by atoms with E-state index in [-0.39, 0.29) is 42.2 Å². The van der Waals surface area contributed by atoms with Crippen molar-refractivity contribution in [2.24, 2.45) is 5.92 Å². The average molecular weight is 482 g/mol. The van der Waals surface area contributed by atoms with Crippen molar-refractivity contribution in [3.8, 4) is 0 Å². The lowest BCUT2D eigenvalue weighted by Crippen LogP contribution is -2.43. The number of benzene rings is 1. The molecule has 1 aliphatic heterocycles. The standard InChI is InChI=1S/C26H35N5O4/c1-5-6-13-31-24(27)23(25(34)28-26(31)35)30(14-11-17(2)3)22(33)16-21-20-10-8-7-9-19(20)12-15-29(21)18(4)32/h7-10,12,15,17,21H,5-6,11,13-14,16,27H2,1-4H3,(H,28,34,35). The largest absolute Gasteiger partial charge is 0.383 e. The van der Waals surface area contributed by atoms with Gasteiger partial charge in [0.25, 0.3) is 5.56 Å². The minimum atomic E-state index is -0.690. The van der Waals surface area contributed by atoms with E-state index in [1.54, 1.807) is 6.20 Å². The topological polar surface area (TPSA) is 121 Å². The van der Waals surface area contributed by atoms with Crippen molar-refractivity contribution in [2.75, 3.05) is 17.2 Å². The summed E-state index contributed by atoms with van der Waals surface area (Å²) in [7, 11) is 0. The monoisotopic (exact) mass is 481 g/mol. The Bertz CT molecular complexity index is 1230. The maximum Gasteiger partial charge on any atom is 0.330 e. The first kappa shape index (κ1) is 26.0. The Labute approximate surface area is 205 Å². The highest BCUT2D eigenvalue weighted by atomic mass is 16.2. The molecule has 2 heterocycles. The second kappa shape index (κ2) is 11.2. The molecule has 9 nitrogen and oxygen atoms in total. The lowest BCUT2D eigenvalue weighted by atomic mass is 9.93. The van der Waals surface area contributed by atoms with Crippen LogP contribution in [0.15, 0.2) is 40.1 Å². The van der Waals surface area contributed by atoms with Gasteiger partial charge in [-0.3, -0.25) is 23.9 Å². The number of nitrogens with one attached hydrogen (secondary N) is 1. The number of carbonyl (C=O) groups is 2. The zero-order valence-electron chi connectivity index (χ0n) is 20.9. The number of nitrogens with two attached hydrogens (primary N) is 1. The number of H-pyrrole nitrogens is 1. The van der Waals surface area contributed by atoms with E-state index in [9.17, 15) is 19.2 Å². The third-order valence-corrected chi connectivity index (χ3v) is 6.29. The fourth-order valence-corrected chi connectivity index (χ4v) is 4.31. The molecule has 3 N–H and O–H groups in total. The Morgan fingerprint density at radius 1 is 1.20 bits per heavy atom. The van der Waals surface area contributed by atoms with E-state index in [0.717, 1.165) is 17.5 Å². The molecule has 2 amide bonds. The highest BCUT2D eigenvalue weighted by Crippen LogP contribution is 2.34. The van der Waals surface area contributed by atoms with Crippen LogP contribution in [0.4, 0.5) is 11.5 Å². The van der Waals surface area contributed by atoms with Crippen LogP contribution in [0.1, 0.15) is 70.5 Å². The van der Waals surface area contributed by atoms with Gasteiger partial charge in [-0.15, -0.1) is 0 Å². The van der Waals surface area contributed by atoms with E-state index in [2.05, 4.69) is 4.98 Å². The molecule has 1 unspecified atom stereocenters. The van der Waals surface area contributed by atoms with Crippen molar-refractivity contribution in [2.45, 2.75) is 66.0 Å². The van der Waals surface area contributed by atoms with Crippen LogP contribution in [0.25, 0.3) is 6.08 Å². The number of fused-ring (bicyclic) bond motifs is 1. The molecule has 1 aliphatic rings. The molecule has 0 aliphatic carbocycles. The molecule has 35 heavy (non-hydrogen) atoms. The van der Waals surface area contributed by atoms with Gasteiger partial charge in [0.1, 0.15) is 5.82 Å². The summed E-state index contributed by atoms with van der Waals surface area (Å²) in [5.41, 5.74) is 6.83. The number of hydrogen-bond acceptors (Lipinski definition) is 5. The van der Waals surface area contributed by atoms with Crippen LogP contribution in [0, 0.1) is 5.92 Å². The zero-order chi connectivity index (χ0) is 25.7. The minimum absolute atomic E-state index is 0.0136. The van der Waals surface area contributed by atoms with Gasteiger partial charge in [0.2, 0.25) is 11.8 Å². The van der Waals surface area contributed by atoms with Gasteiger partial charge in [-0.05, 0) is 36.0 Å². The molecule has 3 rings (SSSR count). The predicted octanol–water partition coefficient (Wildman–Crippen LogP) is 3.26. The summed E-state index contributed by atoms with van der Waals surface area (Å²) >= 11 is 0. The fraction of sp³-hybridized carbons (Fsp3) is 0.462. The summed E-state index contributed by atoms with van der Waals surface area (Å²) in [6.07, 6.45) is 5.68. The first-order valence-corrected chi connectivity index (χ1v) is 12.1. The second-order valence-corrected chi connectivity index (χ2v) is 9.32. The van der Waals surface area contributed by atoms with E-state index in [1.165, 1.54) is 21.3 Å². The molecule has 0 bridgehead atoms. The summed E-state index contributed by atoms with van der Waals surface area (Å²) in [4.78, 5) is 56.8. The van der Waals surface area contributed by atoms with Crippen molar-refractivity contribution >= 4 is 29.4 Å². The van der Waals surface area contributed by atoms with E-state index < -0.39 is 17.3 Å². The van der Waals surface area contributed by atoms with Crippen LogP contribution in [-0.4, -0.2) is 32.8 Å². The Hall–Kier alpha value is -3.62. The second-order valence-electron chi connectivity index (χ2n) is 9.32. The summed E-state index contributed by atoms with van der Waals surface area (Å²) in [5.74, 6) is -0.280. The molecule has 0 saturated heterocycles. The van der Waals surface area contributed by atoms with Crippen LogP contribution in [0.5, 0.6) is 0 Å². The molecular weight excluding hydrogens is 446 g/mol. The molecular formula is C26H35N5O4. The van der Waals surface area contributed by atoms with E-state index in [4.69, 9.17) is 5.73 Å². The van der Waals surface area contributed by atoms with E-state index in [0.29, 0.717) is 19.4 Å². The van der Waals surface area contributed by atoms with Gasteiger partial charge in [-0.1, -0.05) is 51.5 Å². The van der Waals surface area contributed by atoms with Gasteiger partial charge in [0.05, 0.1) is 12.5 Å². The Kier molecular flexibility index (Phi) is 8.32. The summed E-state index contributed by atoms with van der Waals surface area (Å²) in [6.45, 7) is 8.11. The maximum atomic E-state index is 13.8. The SMILES string of the molecule is CCCCn1c(N)c(N(CCC(C)C)C(=O)CC2c3ccccc3C=CN2C(C)=O)c(=O)[nH]c1=O. The van der Waals surface area contributed by atoms with Gasteiger partial charge in [-0.2, -0.15) is 0 Å². The lowest BCUT2D eigenvalue weighted by molar-refractivity contribution is -0.129. The number of anilines is 2. The fourth-order valence-electron chi connectivity index (χ4n) is 4.31. The van der Waals surface area contributed by atoms with Crippen molar-refractivity contribution in [3.05, 3.63) is 62.4 Å². The maximum absolute atomic E-state index is 13.8. The third-order valence-electron chi connectivity index (χ3n) is 6.29. The van der Waals surface area contributed by atoms with Gasteiger partial charge in [0.15, 0.2) is 5.69 Å². The van der Waals surface area contributed by atoms with Crippen molar-refractivity contribution < 1.29 is 9.59 Å². The quantitative estimate of drug-likeness (QED) is 0.569. The number of nitrogens with zero attached hydrogens (tertiary/aromatic N) is 3. The molecule has 0 fully saturated rings. The molecule has 0 radical (unpaired) electrons. The van der Waals surface area contributed by atoms with Gasteiger partial charge >= 0.3 is 5.69 Å². The molecule has 1 aromatic carbocycles. The minimum Gasteiger partial charge on any atom is -0.383 e. The van der Waals surface area contributed by atoms with Crippen molar-refractivity contribution in [1.82, 2.24) is 14.5 Å². The van der Waals surface area contributed by atoms with E-state index >= 15 is 0 Å². The van der Waals surface area contributed by atoms with Crippen LogP contribution in [-0.2, 0) is 16.1 Å². The zero-order valence-corrected chi connectivity index (χ0v) is 20.9. The average Bonchev–Trinajstić information content (AvgIpc) is 2.80. The molecule has 0 saturated carbocycles. The number of aromatic nitrogens is 2. The van der Waals surface area contributed by atoms with Gasteiger partial charge in [0, 0.05) is 26.2 Å². The van der Waals surface area contributed by atoms with Crippen LogP contribution in [0.2, 0.25) is 0 Å². The Balaban J connectivity index is 2.05. The highest BCUT2D eigenvalue weighted by molar-refractivity contribution is 5.96. The molecule has 1 aromatic heterocycles. The molecule has 188 valence electrons. The Morgan fingerprint density at radius 3 is 2.57 bits per heavy atom. The number of nitrogen functional groups attached to an aromatic ring is 1. The smallest absolute Gasteiger partial charge is 0.330 e. The summed E-state index contributed by atoms with van der Waals surface area (Å²) in [6, 6.07) is 7.09. The molecule has 2 aromatic rings. The number of aromatic amines is 1. The number of carbonyl (C=O) groups excluding carboxylic acids is 2. The van der Waals surface area contributed by atoms with Crippen molar-refractivity contribution in [1.29, 1.82) is 0 Å². The number of rotatable bonds is 9. The molecule has 9 heteroatoms. The Morgan fingerprint density at radius 2 is 1.91 bits per heavy atom. The van der Waals surface area contributed by atoms with Gasteiger partial charge < -0.3 is 15.5 Å². The first-order chi connectivity index (χ1) is 16.6. The molecule has 1 atom stereocenters. The van der Waals surface area contributed by atoms with E-state index in [1.807, 2.05) is 51.1 Å². The lowest BCUT2D eigenvalue weighted by Gasteiger charge is -2.34. The number of hydrogen-bond donors (Lipinski definition) is 2. The number of amides is 2. The normalized spacial score (nSPS) is 14.8. The van der Waals surface area contributed by atoms with Crippen molar-refractivity contribution in [3.63, 3.8) is 0 Å². The van der Waals surface area contributed by atoms with Crippen LogP contribution >= 0.6 is 0 Å².